The smallest absolute Gasteiger partial charge is 0.276 e. The molecule has 3 aliphatic rings. The van der Waals surface area contributed by atoms with Gasteiger partial charge < -0.3 is 21.7 Å². The van der Waals surface area contributed by atoms with Gasteiger partial charge in [0.15, 0.2) is 0 Å². The Morgan fingerprint density at radius 3 is 2.52 bits per heavy atom. The second-order valence-electron chi connectivity index (χ2n) is 8.80. The zero-order valence-corrected chi connectivity index (χ0v) is 17.3. The van der Waals surface area contributed by atoms with Crippen LogP contribution in [0.5, 0.6) is 0 Å². The highest BCUT2D eigenvalue weighted by Crippen LogP contribution is 2.37. The first-order valence-corrected chi connectivity index (χ1v) is 10.6. The van der Waals surface area contributed by atoms with E-state index in [1.807, 2.05) is 6.92 Å². The van der Waals surface area contributed by atoms with Crippen LogP contribution in [0.15, 0.2) is 23.3 Å². The van der Waals surface area contributed by atoms with E-state index >= 15 is 0 Å². The van der Waals surface area contributed by atoms with Crippen LogP contribution in [-0.2, 0) is 10.5 Å². The topological polar surface area (TPSA) is 144 Å². The number of fused-ring (bicyclic) bond motifs is 2. The summed E-state index contributed by atoms with van der Waals surface area (Å²) in [5, 5.41) is 8.81. The van der Waals surface area contributed by atoms with Crippen molar-refractivity contribution < 1.29 is 9.59 Å². The Bertz CT molecular complexity index is 1150. The Kier molecular flexibility index (Phi) is 4.37. The molecule has 2 aliphatic carbocycles. The number of nitrogens with zero attached hydrogens (tertiary/aromatic N) is 3. The molecule has 0 saturated heterocycles. The fourth-order valence-electron chi connectivity index (χ4n) is 4.57. The molecule has 0 bridgehead atoms. The van der Waals surface area contributed by atoms with Crippen molar-refractivity contribution in [3.05, 3.63) is 40.1 Å². The Balaban J connectivity index is 1.47. The Morgan fingerprint density at radius 1 is 1.10 bits per heavy atom. The Hall–Kier alpha value is -3.27. The van der Waals surface area contributed by atoms with Crippen molar-refractivity contribution in [3.63, 3.8) is 0 Å². The normalized spacial score (nSPS) is 20.1. The summed E-state index contributed by atoms with van der Waals surface area (Å²) in [5.41, 5.74) is 5.62. The molecule has 1 spiro atoms. The molecule has 0 aromatic carbocycles. The summed E-state index contributed by atoms with van der Waals surface area (Å²) in [6.45, 7) is 1.82. The van der Waals surface area contributed by atoms with Gasteiger partial charge in [0.1, 0.15) is 35.0 Å². The van der Waals surface area contributed by atoms with Gasteiger partial charge in [0.25, 0.3) is 11.5 Å². The van der Waals surface area contributed by atoms with Crippen molar-refractivity contribution >= 4 is 29.1 Å². The molecule has 2 fully saturated rings. The summed E-state index contributed by atoms with van der Waals surface area (Å²) in [6, 6.07) is 3.21. The van der Waals surface area contributed by atoms with Crippen molar-refractivity contribution in [2.24, 2.45) is 5.73 Å². The molecular weight excluding hydrogens is 398 g/mol. The predicted molar refractivity (Wildman–Crippen MR) is 114 cm³/mol. The molecule has 2 aromatic rings. The number of nitrogens with two attached hydrogens (primary N) is 1. The number of hydrogen-bond acceptors (Lipinski definition) is 7. The maximum atomic E-state index is 13.4. The molecule has 10 heteroatoms. The molecule has 0 unspecified atom stereocenters. The van der Waals surface area contributed by atoms with Gasteiger partial charge in [0.05, 0.1) is 5.54 Å². The highest BCUT2D eigenvalue weighted by molar-refractivity contribution is 5.99. The van der Waals surface area contributed by atoms with Gasteiger partial charge in [-0.15, -0.1) is 0 Å². The number of aromatic nitrogens is 3. The molecule has 5 N–H and O–H groups in total. The van der Waals surface area contributed by atoms with E-state index in [2.05, 4.69) is 25.9 Å². The van der Waals surface area contributed by atoms with Crippen LogP contribution in [0.1, 0.15) is 61.0 Å². The SMILES string of the molecule is Cc1cc(Nc2cc(NC(=O)C3(N)CC3)ncn2)c(=O)n2c1C(=O)NC21CCCCC1. The van der Waals surface area contributed by atoms with Gasteiger partial charge in [-0.25, -0.2) is 9.97 Å². The second-order valence-corrected chi connectivity index (χ2v) is 8.80. The zero-order valence-electron chi connectivity index (χ0n) is 17.3. The fraction of sp³-hybridized carbons (Fsp3) is 0.476. The van der Waals surface area contributed by atoms with E-state index in [0.29, 0.717) is 41.4 Å². The molecule has 0 radical (unpaired) electrons. The third kappa shape index (κ3) is 3.27. The van der Waals surface area contributed by atoms with Gasteiger partial charge in [-0.3, -0.25) is 19.0 Å². The highest BCUT2D eigenvalue weighted by atomic mass is 16.2. The molecule has 162 valence electrons. The quantitative estimate of drug-likeness (QED) is 0.583. The standard InChI is InChI=1S/C21H25N7O3/c1-12-9-13(18(30)28-16(12)17(29)27-21(28)5-3-2-4-6-21)25-14-10-15(24-11-23-14)26-19(31)20(22)7-8-20/h9-11H,2-8,22H2,1H3,(H,27,29)(H2,23,24,25,26,31). The van der Waals surface area contributed by atoms with Crippen LogP contribution in [0.4, 0.5) is 17.3 Å². The molecule has 5 rings (SSSR count). The summed E-state index contributed by atoms with van der Waals surface area (Å²) in [4.78, 5) is 46.5. The lowest BCUT2D eigenvalue weighted by Gasteiger charge is -2.35. The van der Waals surface area contributed by atoms with Crippen LogP contribution in [0, 0.1) is 6.92 Å². The molecule has 31 heavy (non-hydrogen) atoms. The van der Waals surface area contributed by atoms with Gasteiger partial charge in [-0.05, 0) is 57.1 Å². The number of anilines is 3. The lowest BCUT2D eigenvalue weighted by molar-refractivity contribution is -0.118. The summed E-state index contributed by atoms with van der Waals surface area (Å²) in [7, 11) is 0. The largest absolute Gasteiger partial charge is 0.336 e. The predicted octanol–water partition coefficient (Wildman–Crippen LogP) is 1.48. The molecular formula is C21H25N7O3. The average Bonchev–Trinajstić information content (AvgIpc) is 3.43. The van der Waals surface area contributed by atoms with Crippen molar-refractivity contribution in [1.82, 2.24) is 19.9 Å². The van der Waals surface area contributed by atoms with E-state index in [4.69, 9.17) is 5.73 Å². The van der Waals surface area contributed by atoms with E-state index in [9.17, 15) is 14.4 Å². The maximum Gasteiger partial charge on any atom is 0.276 e. The van der Waals surface area contributed by atoms with Gasteiger partial charge in [-0.1, -0.05) is 6.42 Å². The Morgan fingerprint density at radius 2 is 1.81 bits per heavy atom. The summed E-state index contributed by atoms with van der Waals surface area (Å²) < 4.78 is 1.63. The van der Waals surface area contributed by atoms with E-state index in [0.717, 1.165) is 32.1 Å². The van der Waals surface area contributed by atoms with Crippen LogP contribution < -0.4 is 27.2 Å². The fourth-order valence-corrected chi connectivity index (χ4v) is 4.57. The van der Waals surface area contributed by atoms with Crippen molar-refractivity contribution in [2.45, 2.75) is 63.1 Å². The first kappa shape index (κ1) is 19.7. The van der Waals surface area contributed by atoms with E-state index in [1.165, 1.54) is 6.33 Å². The number of amides is 2. The first-order chi connectivity index (χ1) is 14.8. The summed E-state index contributed by atoms with van der Waals surface area (Å²) in [6.07, 6.45) is 7.08. The minimum absolute atomic E-state index is 0.203. The van der Waals surface area contributed by atoms with Crippen LogP contribution >= 0.6 is 0 Å². The third-order valence-electron chi connectivity index (χ3n) is 6.47. The van der Waals surface area contributed by atoms with Crippen LogP contribution in [-0.4, -0.2) is 31.9 Å². The minimum atomic E-state index is -0.817. The number of rotatable bonds is 4. The van der Waals surface area contributed by atoms with E-state index < -0.39 is 11.2 Å². The van der Waals surface area contributed by atoms with Crippen molar-refractivity contribution in [1.29, 1.82) is 0 Å². The minimum Gasteiger partial charge on any atom is -0.336 e. The van der Waals surface area contributed by atoms with Crippen LogP contribution in [0.3, 0.4) is 0 Å². The summed E-state index contributed by atoms with van der Waals surface area (Å²) in [5.74, 6) is 0.178. The monoisotopic (exact) mass is 423 g/mol. The van der Waals surface area contributed by atoms with Crippen molar-refractivity contribution in [3.8, 4) is 0 Å². The van der Waals surface area contributed by atoms with Crippen LogP contribution in [0.25, 0.3) is 0 Å². The lowest BCUT2D eigenvalue weighted by Crippen LogP contribution is -2.48. The first-order valence-electron chi connectivity index (χ1n) is 10.6. The van der Waals surface area contributed by atoms with Gasteiger partial charge in [0.2, 0.25) is 5.91 Å². The van der Waals surface area contributed by atoms with E-state index in [-0.39, 0.29) is 17.4 Å². The average molecular weight is 423 g/mol. The van der Waals surface area contributed by atoms with E-state index in [1.54, 1.807) is 16.7 Å². The number of carbonyl (C=O) groups is 2. The molecule has 3 heterocycles. The number of nitrogens with one attached hydrogen (secondary N) is 3. The highest BCUT2D eigenvalue weighted by Gasteiger charge is 2.46. The number of aryl methyl sites for hydroxylation is 1. The second kappa shape index (κ2) is 6.88. The molecule has 2 saturated carbocycles. The van der Waals surface area contributed by atoms with Gasteiger partial charge in [0, 0.05) is 6.07 Å². The lowest BCUT2D eigenvalue weighted by atomic mass is 9.89. The number of hydrogen-bond donors (Lipinski definition) is 4. The third-order valence-corrected chi connectivity index (χ3v) is 6.47. The zero-order chi connectivity index (χ0) is 21.8. The molecule has 2 amide bonds. The van der Waals surface area contributed by atoms with Crippen molar-refractivity contribution in [2.75, 3.05) is 10.6 Å². The van der Waals surface area contributed by atoms with Crippen LogP contribution in [0.2, 0.25) is 0 Å². The number of carbonyl (C=O) groups excluding carboxylic acids is 2. The molecule has 1 aliphatic heterocycles. The Labute approximate surface area is 178 Å². The number of pyridine rings is 1. The summed E-state index contributed by atoms with van der Waals surface area (Å²) >= 11 is 0. The molecule has 0 atom stereocenters. The van der Waals surface area contributed by atoms with Gasteiger partial charge in [-0.2, -0.15) is 0 Å². The molecule has 2 aromatic heterocycles. The molecule has 10 nitrogen and oxygen atoms in total. The maximum absolute atomic E-state index is 13.4. The van der Waals surface area contributed by atoms with Gasteiger partial charge >= 0.3 is 0 Å².